The molecule has 0 aromatic heterocycles. The molecule has 1 nitrogen and oxygen atoms in total. The summed E-state index contributed by atoms with van der Waals surface area (Å²) in [6.07, 6.45) is -7.70. The van der Waals surface area contributed by atoms with E-state index < -0.39 is 46.9 Å². The molecule has 2 aromatic rings. The van der Waals surface area contributed by atoms with E-state index in [0.717, 1.165) is 24.3 Å². The van der Waals surface area contributed by atoms with Gasteiger partial charge in [0.2, 0.25) is 0 Å². The second kappa shape index (κ2) is 12.6. The Labute approximate surface area is 227 Å². The summed E-state index contributed by atoms with van der Waals surface area (Å²) >= 11 is 18.2. The van der Waals surface area contributed by atoms with Gasteiger partial charge in [0.25, 0.3) is 5.92 Å². The van der Waals surface area contributed by atoms with Crippen LogP contribution < -0.4 is 0 Å². The van der Waals surface area contributed by atoms with E-state index >= 15 is 0 Å². The fourth-order valence-electron chi connectivity index (χ4n) is 3.34. The first-order chi connectivity index (χ1) is 16.9. The average molecular weight is 614 g/mol. The standard InChI is InChI=1S/C24H19Cl3F8OS/c1-22(28,29)16(14-10-18(25)21(27)19(26)11-14)7-5-13-4-6-15(17(9-13)24(33,34)35)20(36)3-2-8-37-12-23(30,31)32/h4-7,9-11,16H,2-3,8,12H2,1H3/b7-5+. The number of carbonyl (C=O) groups is 1. The van der Waals surface area contributed by atoms with Crippen LogP contribution in [-0.4, -0.2) is 29.4 Å². The molecule has 0 heterocycles. The number of hydrogen-bond acceptors (Lipinski definition) is 2. The second-order valence-corrected chi connectivity index (χ2v) is 10.4. The third-order valence-corrected chi connectivity index (χ3v) is 7.31. The summed E-state index contributed by atoms with van der Waals surface area (Å²) in [7, 11) is 0. The lowest BCUT2D eigenvalue weighted by molar-refractivity contribution is -0.138. The molecule has 0 amide bonds. The maximum atomic E-state index is 14.4. The van der Waals surface area contributed by atoms with Crippen molar-refractivity contribution in [1.29, 1.82) is 0 Å². The van der Waals surface area contributed by atoms with E-state index in [0.29, 0.717) is 24.8 Å². The highest BCUT2D eigenvalue weighted by molar-refractivity contribution is 7.99. The van der Waals surface area contributed by atoms with Crippen LogP contribution in [0.4, 0.5) is 35.1 Å². The Kier molecular flexibility index (Phi) is 10.8. The average Bonchev–Trinajstić information content (AvgIpc) is 2.74. The Balaban J connectivity index is 2.30. The van der Waals surface area contributed by atoms with E-state index in [2.05, 4.69) is 0 Å². The minimum atomic E-state index is -4.94. The van der Waals surface area contributed by atoms with Crippen molar-refractivity contribution in [2.75, 3.05) is 11.5 Å². The topological polar surface area (TPSA) is 17.1 Å². The van der Waals surface area contributed by atoms with Crippen LogP contribution >= 0.6 is 46.6 Å². The zero-order valence-electron chi connectivity index (χ0n) is 18.9. The van der Waals surface area contributed by atoms with Gasteiger partial charge in [-0.15, -0.1) is 0 Å². The van der Waals surface area contributed by atoms with Crippen molar-refractivity contribution in [3.05, 3.63) is 73.7 Å². The number of hydrogen-bond donors (Lipinski definition) is 0. The van der Waals surface area contributed by atoms with Gasteiger partial charge in [0.15, 0.2) is 5.78 Å². The monoisotopic (exact) mass is 612 g/mol. The molecule has 0 fully saturated rings. The van der Waals surface area contributed by atoms with Gasteiger partial charge in [0.1, 0.15) is 0 Å². The quantitative estimate of drug-likeness (QED) is 0.115. The molecule has 0 spiro atoms. The van der Waals surface area contributed by atoms with E-state index in [-0.39, 0.29) is 44.8 Å². The summed E-state index contributed by atoms with van der Waals surface area (Å²) in [6.45, 7) is 0.619. The van der Waals surface area contributed by atoms with Crippen molar-refractivity contribution in [3.63, 3.8) is 0 Å². The van der Waals surface area contributed by atoms with E-state index in [1.54, 1.807) is 0 Å². The van der Waals surface area contributed by atoms with Gasteiger partial charge < -0.3 is 0 Å². The van der Waals surface area contributed by atoms with Gasteiger partial charge in [-0.3, -0.25) is 4.79 Å². The molecule has 0 aliphatic rings. The molecule has 1 unspecified atom stereocenters. The molecule has 0 saturated carbocycles. The van der Waals surface area contributed by atoms with Crippen molar-refractivity contribution in [2.45, 2.75) is 44.0 Å². The van der Waals surface area contributed by atoms with Crippen LogP contribution in [0.25, 0.3) is 6.08 Å². The lowest BCUT2D eigenvalue weighted by Gasteiger charge is -2.22. The van der Waals surface area contributed by atoms with Crippen LogP contribution in [-0.2, 0) is 6.18 Å². The number of Topliss-reactive ketones (excluding diaryl/α,β-unsaturated/α-hetero) is 1. The van der Waals surface area contributed by atoms with Gasteiger partial charge in [-0.25, -0.2) is 8.78 Å². The molecule has 1 atom stereocenters. The number of benzene rings is 2. The van der Waals surface area contributed by atoms with Gasteiger partial charge in [0, 0.05) is 18.9 Å². The summed E-state index contributed by atoms with van der Waals surface area (Å²) < 4.78 is 106. The Morgan fingerprint density at radius 1 is 0.973 bits per heavy atom. The molecule has 0 aliphatic carbocycles. The van der Waals surface area contributed by atoms with E-state index in [9.17, 15) is 39.9 Å². The molecule has 0 saturated heterocycles. The van der Waals surface area contributed by atoms with Crippen molar-refractivity contribution < 1.29 is 39.9 Å². The van der Waals surface area contributed by atoms with Crippen LogP contribution in [0.5, 0.6) is 0 Å². The largest absolute Gasteiger partial charge is 0.417 e. The third-order valence-electron chi connectivity index (χ3n) is 5.00. The maximum Gasteiger partial charge on any atom is 0.417 e. The molecular formula is C24H19Cl3F8OS. The Morgan fingerprint density at radius 2 is 1.57 bits per heavy atom. The van der Waals surface area contributed by atoms with Gasteiger partial charge in [-0.1, -0.05) is 59.1 Å². The van der Waals surface area contributed by atoms with Crippen LogP contribution in [0.3, 0.4) is 0 Å². The molecular weight excluding hydrogens is 595 g/mol. The van der Waals surface area contributed by atoms with Gasteiger partial charge in [-0.05, 0) is 41.5 Å². The minimum Gasteiger partial charge on any atom is -0.294 e. The predicted molar refractivity (Wildman–Crippen MR) is 132 cm³/mol. The number of halogens is 11. The number of rotatable bonds is 10. The van der Waals surface area contributed by atoms with Crippen molar-refractivity contribution in [2.24, 2.45) is 0 Å². The van der Waals surface area contributed by atoms with Crippen LogP contribution in [0.2, 0.25) is 15.1 Å². The Bertz CT molecular complexity index is 1120. The normalized spacial score (nSPS) is 13.8. The smallest absolute Gasteiger partial charge is 0.294 e. The van der Waals surface area contributed by atoms with Gasteiger partial charge >= 0.3 is 12.4 Å². The molecule has 2 rings (SSSR count). The maximum absolute atomic E-state index is 14.4. The third kappa shape index (κ3) is 9.64. The summed E-state index contributed by atoms with van der Waals surface area (Å²) in [5.41, 5.74) is -2.06. The van der Waals surface area contributed by atoms with Crippen LogP contribution in [0.15, 0.2) is 36.4 Å². The lowest BCUT2D eigenvalue weighted by atomic mass is 9.91. The minimum absolute atomic E-state index is 0.0191. The van der Waals surface area contributed by atoms with Gasteiger partial charge in [0.05, 0.1) is 32.3 Å². The lowest BCUT2D eigenvalue weighted by Crippen LogP contribution is -2.20. The predicted octanol–water partition coefficient (Wildman–Crippen LogP) is 10.4. The SMILES string of the molecule is CC(F)(F)C(/C=C/c1ccc(C(=O)CCCSCC(F)(F)F)c(C(F)(F)F)c1)c1cc(Cl)c(Cl)c(Cl)c1. The molecule has 0 radical (unpaired) electrons. The molecule has 0 N–H and O–H groups in total. The summed E-state index contributed by atoms with van der Waals surface area (Å²) in [4.78, 5) is 12.4. The zero-order valence-corrected chi connectivity index (χ0v) is 22.0. The first-order valence-electron chi connectivity index (χ1n) is 10.5. The van der Waals surface area contributed by atoms with E-state index in [1.165, 1.54) is 12.1 Å². The first-order valence-corrected chi connectivity index (χ1v) is 12.8. The molecule has 0 bridgehead atoms. The van der Waals surface area contributed by atoms with Crippen molar-refractivity contribution >= 4 is 58.4 Å². The summed E-state index contributed by atoms with van der Waals surface area (Å²) in [5, 5.41) is -0.194. The van der Waals surface area contributed by atoms with Crippen molar-refractivity contribution in [3.8, 4) is 0 Å². The van der Waals surface area contributed by atoms with Crippen molar-refractivity contribution in [1.82, 2.24) is 0 Å². The summed E-state index contributed by atoms with van der Waals surface area (Å²) in [6, 6.07) is 5.08. The molecule has 2 aromatic carbocycles. The number of ketones is 1. The molecule has 13 heteroatoms. The second-order valence-electron chi connectivity index (χ2n) is 8.09. The number of alkyl halides is 8. The molecule has 37 heavy (non-hydrogen) atoms. The van der Waals surface area contributed by atoms with E-state index in [4.69, 9.17) is 34.8 Å². The van der Waals surface area contributed by atoms with Gasteiger partial charge in [-0.2, -0.15) is 38.1 Å². The number of allylic oxidation sites excluding steroid dienone is 1. The Hall–Kier alpha value is -1.49. The number of thioether (sulfide) groups is 1. The van der Waals surface area contributed by atoms with E-state index in [1.807, 2.05) is 0 Å². The van der Waals surface area contributed by atoms with Crippen LogP contribution in [0, 0.1) is 0 Å². The first kappa shape index (κ1) is 31.7. The number of carbonyl (C=O) groups excluding carboxylic acids is 1. The highest BCUT2D eigenvalue weighted by atomic mass is 35.5. The zero-order chi connectivity index (χ0) is 28.2. The fraction of sp³-hybridized carbons (Fsp3) is 0.375. The molecule has 204 valence electrons. The Morgan fingerprint density at radius 3 is 2.08 bits per heavy atom. The molecule has 0 aliphatic heterocycles. The highest BCUT2D eigenvalue weighted by Crippen LogP contribution is 2.40. The fourth-order valence-corrected chi connectivity index (χ4v) is 4.67. The van der Waals surface area contributed by atoms with Crippen LogP contribution in [0.1, 0.15) is 52.7 Å². The summed E-state index contributed by atoms with van der Waals surface area (Å²) in [5.74, 6) is -7.05. The highest BCUT2D eigenvalue weighted by Gasteiger charge is 2.36.